The van der Waals surface area contributed by atoms with Gasteiger partial charge in [-0.15, -0.1) is 0 Å². The molecular weight excluding hydrogens is 364 g/mol. The highest BCUT2D eigenvalue weighted by Crippen LogP contribution is 2.17. The van der Waals surface area contributed by atoms with Crippen molar-refractivity contribution in [2.24, 2.45) is 0 Å². The molecule has 0 spiro atoms. The molecule has 2 aromatic heterocycles. The van der Waals surface area contributed by atoms with Crippen LogP contribution in [0, 0.1) is 18.6 Å². The third kappa shape index (κ3) is 4.85. The fourth-order valence-electron chi connectivity index (χ4n) is 2.58. The number of benzene rings is 1. The molecule has 0 saturated carbocycles. The Labute approximate surface area is 161 Å². The van der Waals surface area contributed by atoms with E-state index in [1.165, 1.54) is 6.07 Å². The minimum Gasteiger partial charge on any atom is -0.340 e. The lowest BCUT2D eigenvalue weighted by molar-refractivity contribution is 0.0790. The van der Waals surface area contributed by atoms with Crippen LogP contribution in [-0.4, -0.2) is 39.4 Å². The first-order valence-electron chi connectivity index (χ1n) is 8.64. The van der Waals surface area contributed by atoms with E-state index in [1.54, 1.807) is 37.3 Å². The summed E-state index contributed by atoms with van der Waals surface area (Å²) >= 11 is 0. The zero-order valence-corrected chi connectivity index (χ0v) is 15.5. The van der Waals surface area contributed by atoms with E-state index in [9.17, 15) is 13.6 Å². The van der Waals surface area contributed by atoms with Gasteiger partial charge in [-0.2, -0.15) is 0 Å². The molecule has 1 amide bonds. The molecule has 0 atom stereocenters. The molecule has 144 valence electrons. The van der Waals surface area contributed by atoms with Crippen molar-refractivity contribution in [3.05, 3.63) is 77.4 Å². The number of aromatic nitrogens is 3. The van der Waals surface area contributed by atoms with Crippen molar-refractivity contribution in [1.82, 2.24) is 19.9 Å². The van der Waals surface area contributed by atoms with E-state index in [-0.39, 0.29) is 23.2 Å². The van der Waals surface area contributed by atoms with E-state index in [2.05, 4.69) is 20.3 Å². The van der Waals surface area contributed by atoms with Gasteiger partial charge < -0.3 is 10.2 Å². The topological polar surface area (TPSA) is 71.0 Å². The number of anilines is 2. The highest BCUT2D eigenvalue weighted by molar-refractivity contribution is 5.92. The number of carbonyl (C=O) groups is 1. The Kier molecular flexibility index (Phi) is 5.88. The molecule has 0 fully saturated rings. The lowest BCUT2D eigenvalue weighted by Gasteiger charge is -2.17. The van der Waals surface area contributed by atoms with Crippen LogP contribution in [-0.2, 0) is 6.42 Å². The Hall–Kier alpha value is -3.42. The molecule has 8 heteroatoms. The second-order valence-electron chi connectivity index (χ2n) is 6.30. The molecule has 2 heterocycles. The van der Waals surface area contributed by atoms with Crippen molar-refractivity contribution in [3.63, 3.8) is 0 Å². The maximum Gasteiger partial charge on any atom is 0.272 e. The largest absolute Gasteiger partial charge is 0.340 e. The van der Waals surface area contributed by atoms with Crippen molar-refractivity contribution in [2.75, 3.05) is 18.9 Å². The number of amides is 1. The number of halogens is 2. The van der Waals surface area contributed by atoms with Crippen LogP contribution in [0.4, 0.5) is 20.4 Å². The number of likely N-dealkylation sites (N-methyl/N-ethyl adjacent to an activating group) is 1. The van der Waals surface area contributed by atoms with Crippen molar-refractivity contribution >= 4 is 17.5 Å². The first-order valence-corrected chi connectivity index (χ1v) is 8.64. The second-order valence-corrected chi connectivity index (χ2v) is 6.30. The number of hydrogen-bond acceptors (Lipinski definition) is 5. The summed E-state index contributed by atoms with van der Waals surface area (Å²) in [6, 6.07) is 8.76. The van der Waals surface area contributed by atoms with E-state index in [0.29, 0.717) is 18.7 Å². The zero-order chi connectivity index (χ0) is 20.1. The standard InChI is InChI=1S/C20H19F2N5O/c1-13-11-18(19(28)27(2)10-7-14-5-8-23-9-6-14)26-20(24-13)25-15-3-4-16(21)17(22)12-15/h3-6,8-9,11-12H,7,10H2,1-2H3,(H,24,25,26). The van der Waals surface area contributed by atoms with Gasteiger partial charge in [0.2, 0.25) is 5.95 Å². The molecule has 0 aliphatic carbocycles. The van der Waals surface area contributed by atoms with Crippen LogP contribution >= 0.6 is 0 Å². The smallest absolute Gasteiger partial charge is 0.272 e. The SMILES string of the molecule is Cc1cc(C(=O)N(C)CCc2ccncc2)nc(Nc2ccc(F)c(F)c2)n1. The molecule has 1 aromatic carbocycles. The van der Waals surface area contributed by atoms with Gasteiger partial charge in [0.05, 0.1) is 0 Å². The molecule has 0 bridgehead atoms. The number of nitrogens with one attached hydrogen (secondary N) is 1. The molecule has 0 aliphatic heterocycles. The third-order valence-electron chi connectivity index (χ3n) is 4.08. The van der Waals surface area contributed by atoms with E-state index in [4.69, 9.17) is 0 Å². The van der Waals surface area contributed by atoms with Crippen LogP contribution in [0.1, 0.15) is 21.7 Å². The van der Waals surface area contributed by atoms with Crippen LogP contribution in [0.3, 0.4) is 0 Å². The van der Waals surface area contributed by atoms with Crippen LogP contribution < -0.4 is 5.32 Å². The van der Waals surface area contributed by atoms with E-state index >= 15 is 0 Å². The van der Waals surface area contributed by atoms with E-state index in [1.807, 2.05) is 12.1 Å². The molecule has 3 rings (SSSR count). The quantitative estimate of drug-likeness (QED) is 0.705. The first-order chi connectivity index (χ1) is 13.4. The predicted octanol–water partition coefficient (Wildman–Crippen LogP) is 3.52. The summed E-state index contributed by atoms with van der Waals surface area (Å²) in [5, 5.41) is 2.80. The molecule has 1 N–H and O–H groups in total. The maximum atomic E-state index is 13.4. The molecule has 0 aliphatic rings. The van der Waals surface area contributed by atoms with Crippen molar-refractivity contribution in [1.29, 1.82) is 0 Å². The zero-order valence-electron chi connectivity index (χ0n) is 15.5. The minimum absolute atomic E-state index is 0.136. The van der Waals surface area contributed by atoms with Crippen LogP contribution in [0.5, 0.6) is 0 Å². The van der Waals surface area contributed by atoms with Gasteiger partial charge >= 0.3 is 0 Å². The molecule has 0 radical (unpaired) electrons. The molecule has 6 nitrogen and oxygen atoms in total. The first kappa shape index (κ1) is 19.3. The number of carbonyl (C=O) groups excluding carboxylic acids is 1. The summed E-state index contributed by atoms with van der Waals surface area (Å²) in [7, 11) is 1.70. The fraction of sp³-hybridized carbons (Fsp3) is 0.200. The Balaban J connectivity index is 1.72. The van der Waals surface area contributed by atoms with E-state index < -0.39 is 11.6 Å². The Morgan fingerprint density at radius 2 is 1.82 bits per heavy atom. The monoisotopic (exact) mass is 383 g/mol. The van der Waals surface area contributed by atoms with Gasteiger partial charge in [-0.05, 0) is 49.2 Å². The van der Waals surface area contributed by atoms with Gasteiger partial charge in [0.1, 0.15) is 5.69 Å². The van der Waals surface area contributed by atoms with Crippen LogP contribution in [0.2, 0.25) is 0 Å². The molecule has 0 unspecified atom stereocenters. The second kappa shape index (κ2) is 8.51. The van der Waals surface area contributed by atoms with Crippen LogP contribution in [0.25, 0.3) is 0 Å². The summed E-state index contributed by atoms with van der Waals surface area (Å²) in [5.74, 6) is -2.04. The van der Waals surface area contributed by atoms with Crippen molar-refractivity contribution < 1.29 is 13.6 Å². The highest BCUT2D eigenvalue weighted by Gasteiger charge is 2.16. The van der Waals surface area contributed by atoms with Gasteiger partial charge in [-0.3, -0.25) is 9.78 Å². The lowest BCUT2D eigenvalue weighted by Crippen LogP contribution is -2.30. The average molecular weight is 383 g/mol. The fourth-order valence-corrected chi connectivity index (χ4v) is 2.58. The summed E-state index contributed by atoms with van der Waals surface area (Å²) in [5.41, 5.74) is 2.16. The molecular formula is C20H19F2N5O. The summed E-state index contributed by atoms with van der Waals surface area (Å²) in [6.07, 6.45) is 4.11. The number of hydrogen-bond donors (Lipinski definition) is 1. The van der Waals surface area contributed by atoms with Gasteiger partial charge in [0.15, 0.2) is 11.6 Å². The van der Waals surface area contributed by atoms with Gasteiger partial charge in [0, 0.05) is 43.4 Å². The predicted molar refractivity (Wildman–Crippen MR) is 101 cm³/mol. The number of aryl methyl sites for hydroxylation is 1. The van der Waals surface area contributed by atoms with Crippen molar-refractivity contribution in [3.8, 4) is 0 Å². The summed E-state index contributed by atoms with van der Waals surface area (Å²) in [4.78, 5) is 26.7. The van der Waals surface area contributed by atoms with Crippen molar-refractivity contribution in [2.45, 2.75) is 13.3 Å². The van der Waals surface area contributed by atoms with Crippen LogP contribution in [0.15, 0.2) is 48.8 Å². The Morgan fingerprint density at radius 3 is 2.54 bits per heavy atom. The molecule has 3 aromatic rings. The Morgan fingerprint density at radius 1 is 1.07 bits per heavy atom. The normalized spacial score (nSPS) is 10.6. The maximum absolute atomic E-state index is 13.4. The molecule has 0 saturated heterocycles. The number of nitrogens with zero attached hydrogens (tertiary/aromatic N) is 4. The third-order valence-corrected chi connectivity index (χ3v) is 4.08. The lowest BCUT2D eigenvalue weighted by atomic mass is 10.2. The highest BCUT2D eigenvalue weighted by atomic mass is 19.2. The number of rotatable bonds is 6. The molecule has 28 heavy (non-hydrogen) atoms. The Bertz CT molecular complexity index is 982. The van der Waals surface area contributed by atoms with Gasteiger partial charge in [-0.1, -0.05) is 0 Å². The minimum atomic E-state index is -0.982. The summed E-state index contributed by atoms with van der Waals surface area (Å²) in [6.45, 7) is 2.24. The average Bonchev–Trinajstić information content (AvgIpc) is 2.68. The number of pyridine rings is 1. The van der Waals surface area contributed by atoms with Gasteiger partial charge in [-0.25, -0.2) is 18.7 Å². The van der Waals surface area contributed by atoms with E-state index in [0.717, 1.165) is 17.7 Å². The van der Waals surface area contributed by atoms with Gasteiger partial charge in [0.25, 0.3) is 5.91 Å². The summed E-state index contributed by atoms with van der Waals surface area (Å²) < 4.78 is 26.4.